The van der Waals surface area contributed by atoms with E-state index < -0.39 is 29.4 Å². The van der Waals surface area contributed by atoms with Crippen LogP contribution in [0.3, 0.4) is 0 Å². The van der Waals surface area contributed by atoms with E-state index in [1.54, 1.807) is 20.0 Å². The number of rotatable bonds is 8. The zero-order chi connectivity index (χ0) is 25.7. The largest absolute Gasteiger partial charge is 0.465 e. The summed E-state index contributed by atoms with van der Waals surface area (Å²) in [7, 11) is 0. The standard InChI is InChI=1S/C27H30N4O4S/c1-5-34-24(32)22-17(3)29-18(4)27(25(33)35-6-2,19-12-8-7-9-13-19)23(22)31-26-30-21(16-36-26)20-14-10-11-15-28-20/h7-16,18,23,29H,5-6H2,1-4H3,(H,30,31). The normalized spacial score (nSPS) is 21.4. The molecule has 188 valence electrons. The van der Waals surface area contributed by atoms with Crippen molar-refractivity contribution in [2.24, 2.45) is 0 Å². The van der Waals surface area contributed by atoms with E-state index in [0.717, 1.165) is 11.3 Å². The Morgan fingerprint density at radius 3 is 2.44 bits per heavy atom. The van der Waals surface area contributed by atoms with Gasteiger partial charge in [0.15, 0.2) is 5.13 Å². The third kappa shape index (κ3) is 4.58. The number of carbonyl (C=O) groups is 2. The molecule has 1 aliphatic heterocycles. The third-order valence-corrected chi connectivity index (χ3v) is 7.10. The number of aromatic nitrogens is 2. The first-order chi connectivity index (χ1) is 17.4. The summed E-state index contributed by atoms with van der Waals surface area (Å²) in [6, 6.07) is 13.8. The van der Waals surface area contributed by atoms with E-state index in [1.165, 1.54) is 11.3 Å². The fraction of sp³-hybridized carbons (Fsp3) is 0.333. The Balaban J connectivity index is 1.89. The number of nitrogens with zero attached hydrogens (tertiary/aromatic N) is 2. The predicted octanol–water partition coefficient (Wildman–Crippen LogP) is 4.32. The van der Waals surface area contributed by atoms with Gasteiger partial charge in [-0.05, 0) is 45.4 Å². The number of allylic oxidation sites excluding steroid dienone is 1. The lowest BCUT2D eigenvalue weighted by Crippen LogP contribution is -2.66. The van der Waals surface area contributed by atoms with E-state index in [1.807, 2.05) is 67.8 Å². The number of thiazole rings is 1. The molecule has 9 heteroatoms. The van der Waals surface area contributed by atoms with Gasteiger partial charge in [-0.2, -0.15) is 0 Å². The van der Waals surface area contributed by atoms with E-state index in [2.05, 4.69) is 15.6 Å². The van der Waals surface area contributed by atoms with Crippen LogP contribution in [0.4, 0.5) is 5.13 Å². The topological polar surface area (TPSA) is 102 Å². The number of hydrogen-bond donors (Lipinski definition) is 2. The predicted molar refractivity (Wildman–Crippen MR) is 139 cm³/mol. The van der Waals surface area contributed by atoms with Gasteiger partial charge in [-0.1, -0.05) is 36.4 Å². The number of carbonyl (C=O) groups excluding carboxylic acids is 2. The van der Waals surface area contributed by atoms with Gasteiger partial charge >= 0.3 is 11.9 Å². The second-order valence-electron chi connectivity index (χ2n) is 8.41. The van der Waals surface area contributed by atoms with Crippen LogP contribution in [0.2, 0.25) is 0 Å². The summed E-state index contributed by atoms with van der Waals surface area (Å²) < 4.78 is 11.1. The van der Waals surface area contributed by atoms with Gasteiger partial charge in [0.05, 0.1) is 30.5 Å². The molecule has 0 saturated heterocycles. The monoisotopic (exact) mass is 506 g/mol. The first-order valence-corrected chi connectivity index (χ1v) is 12.8. The summed E-state index contributed by atoms with van der Waals surface area (Å²) in [5, 5.41) is 9.23. The zero-order valence-electron chi connectivity index (χ0n) is 20.8. The number of esters is 2. The molecule has 0 spiro atoms. The minimum atomic E-state index is -1.28. The zero-order valence-corrected chi connectivity index (χ0v) is 21.6. The van der Waals surface area contributed by atoms with Crippen LogP contribution in [0.5, 0.6) is 0 Å². The Bertz CT molecular complexity index is 1240. The van der Waals surface area contributed by atoms with Crippen LogP contribution in [0.25, 0.3) is 11.4 Å². The number of pyridine rings is 1. The second-order valence-corrected chi connectivity index (χ2v) is 9.27. The van der Waals surface area contributed by atoms with Gasteiger partial charge in [0.25, 0.3) is 0 Å². The molecule has 0 bridgehead atoms. The van der Waals surface area contributed by atoms with Crippen LogP contribution in [0, 0.1) is 0 Å². The molecule has 2 aromatic heterocycles. The minimum Gasteiger partial charge on any atom is -0.465 e. The lowest BCUT2D eigenvalue weighted by Gasteiger charge is -2.48. The van der Waals surface area contributed by atoms with Crippen LogP contribution in [-0.2, 0) is 24.5 Å². The van der Waals surface area contributed by atoms with Gasteiger partial charge in [0.2, 0.25) is 0 Å². The van der Waals surface area contributed by atoms with Gasteiger partial charge in [0, 0.05) is 23.3 Å². The molecule has 0 saturated carbocycles. The minimum absolute atomic E-state index is 0.200. The number of nitrogens with one attached hydrogen (secondary N) is 2. The van der Waals surface area contributed by atoms with Crippen molar-refractivity contribution >= 4 is 28.4 Å². The van der Waals surface area contributed by atoms with Crippen LogP contribution in [0.1, 0.15) is 33.3 Å². The van der Waals surface area contributed by atoms with Crippen molar-refractivity contribution in [1.29, 1.82) is 0 Å². The SMILES string of the molecule is CCOC(=O)C1=C(C)NC(C)C(C(=O)OCC)(c2ccccc2)C1Nc1nc(-c2ccccn2)cs1. The van der Waals surface area contributed by atoms with Crippen molar-refractivity contribution in [2.45, 2.75) is 45.2 Å². The van der Waals surface area contributed by atoms with E-state index in [-0.39, 0.29) is 13.2 Å². The van der Waals surface area contributed by atoms with Crippen molar-refractivity contribution < 1.29 is 19.1 Å². The van der Waals surface area contributed by atoms with Crippen molar-refractivity contribution in [2.75, 3.05) is 18.5 Å². The molecule has 4 rings (SSSR count). The lowest BCUT2D eigenvalue weighted by atomic mass is 9.64. The van der Waals surface area contributed by atoms with Gasteiger partial charge in [-0.15, -0.1) is 11.3 Å². The molecule has 3 heterocycles. The summed E-state index contributed by atoms with van der Waals surface area (Å²) in [5.74, 6) is -0.942. The van der Waals surface area contributed by atoms with Crippen LogP contribution in [-0.4, -0.2) is 47.2 Å². The average molecular weight is 507 g/mol. The van der Waals surface area contributed by atoms with E-state index in [0.29, 0.717) is 22.1 Å². The molecule has 3 atom stereocenters. The summed E-state index contributed by atoms with van der Waals surface area (Å²) in [6.45, 7) is 7.67. The first kappa shape index (κ1) is 25.4. The van der Waals surface area contributed by atoms with Crippen LogP contribution >= 0.6 is 11.3 Å². The third-order valence-electron chi connectivity index (χ3n) is 6.32. The van der Waals surface area contributed by atoms with Crippen molar-refractivity contribution in [3.8, 4) is 11.4 Å². The second kappa shape index (κ2) is 10.9. The lowest BCUT2D eigenvalue weighted by molar-refractivity contribution is -0.152. The molecule has 1 aliphatic rings. The highest BCUT2D eigenvalue weighted by molar-refractivity contribution is 7.14. The molecule has 0 radical (unpaired) electrons. The Morgan fingerprint density at radius 1 is 1.06 bits per heavy atom. The number of benzene rings is 1. The van der Waals surface area contributed by atoms with E-state index in [4.69, 9.17) is 14.5 Å². The average Bonchev–Trinajstić information content (AvgIpc) is 3.34. The van der Waals surface area contributed by atoms with E-state index in [9.17, 15) is 9.59 Å². The molecule has 8 nitrogen and oxygen atoms in total. The molecular weight excluding hydrogens is 476 g/mol. The quantitative estimate of drug-likeness (QED) is 0.436. The molecule has 3 unspecified atom stereocenters. The van der Waals surface area contributed by atoms with Crippen LogP contribution in [0.15, 0.2) is 71.4 Å². The molecule has 2 N–H and O–H groups in total. The maximum absolute atomic E-state index is 13.9. The fourth-order valence-electron chi connectivity index (χ4n) is 4.77. The summed E-state index contributed by atoms with van der Waals surface area (Å²) in [4.78, 5) is 36.3. The molecule has 0 fully saturated rings. The maximum Gasteiger partial charge on any atom is 0.337 e. The van der Waals surface area contributed by atoms with Crippen molar-refractivity contribution in [1.82, 2.24) is 15.3 Å². The molecule has 3 aromatic rings. The Kier molecular flexibility index (Phi) is 7.69. The number of ether oxygens (including phenoxy) is 2. The van der Waals surface area contributed by atoms with Gasteiger partial charge in [-0.3, -0.25) is 9.78 Å². The van der Waals surface area contributed by atoms with E-state index >= 15 is 0 Å². The van der Waals surface area contributed by atoms with Crippen molar-refractivity contribution in [3.63, 3.8) is 0 Å². The Labute approximate surface area is 214 Å². The maximum atomic E-state index is 13.9. The highest BCUT2D eigenvalue weighted by Gasteiger charge is 2.58. The Hall–Kier alpha value is -3.72. The molecule has 0 aliphatic carbocycles. The van der Waals surface area contributed by atoms with Gasteiger partial charge in [-0.25, -0.2) is 9.78 Å². The molecule has 36 heavy (non-hydrogen) atoms. The first-order valence-electron chi connectivity index (χ1n) is 11.9. The van der Waals surface area contributed by atoms with Crippen molar-refractivity contribution in [3.05, 3.63) is 76.9 Å². The number of hydrogen-bond acceptors (Lipinski definition) is 9. The Morgan fingerprint density at radius 2 is 1.78 bits per heavy atom. The summed E-state index contributed by atoms with van der Waals surface area (Å²) in [5.41, 5.74) is 1.84. The summed E-state index contributed by atoms with van der Waals surface area (Å²) in [6.07, 6.45) is 1.71. The highest BCUT2D eigenvalue weighted by atomic mass is 32.1. The highest BCUT2D eigenvalue weighted by Crippen LogP contribution is 2.43. The van der Waals surface area contributed by atoms with Crippen LogP contribution < -0.4 is 10.6 Å². The number of anilines is 1. The summed E-state index contributed by atoms with van der Waals surface area (Å²) >= 11 is 1.38. The fourth-order valence-corrected chi connectivity index (χ4v) is 5.50. The smallest absolute Gasteiger partial charge is 0.337 e. The molecule has 1 aromatic carbocycles. The van der Waals surface area contributed by atoms with Gasteiger partial charge in [0.1, 0.15) is 11.1 Å². The molecule has 0 amide bonds. The molecular formula is C27H30N4O4S. The van der Waals surface area contributed by atoms with Gasteiger partial charge < -0.3 is 20.1 Å².